The molecule has 8 nitrogen and oxygen atoms in total. The summed E-state index contributed by atoms with van der Waals surface area (Å²) >= 11 is 7.41. The van der Waals surface area contributed by atoms with Gasteiger partial charge in [0.25, 0.3) is 11.5 Å². The van der Waals surface area contributed by atoms with E-state index in [0.717, 1.165) is 11.1 Å². The van der Waals surface area contributed by atoms with Gasteiger partial charge in [-0.15, -0.1) is 0 Å². The van der Waals surface area contributed by atoms with Crippen LogP contribution in [0.3, 0.4) is 0 Å². The zero-order chi connectivity index (χ0) is 29.3. The van der Waals surface area contributed by atoms with E-state index in [0.29, 0.717) is 55.8 Å². The van der Waals surface area contributed by atoms with E-state index in [1.54, 1.807) is 71.0 Å². The van der Waals surface area contributed by atoms with E-state index in [4.69, 9.17) is 25.7 Å². The zero-order valence-electron chi connectivity index (χ0n) is 23.0. The molecule has 0 bridgehead atoms. The standard InChI is InChI=1S/C31H28ClN3O5S/c1-5-34(6-2)29(37)26-18(3)33-31-35(27(26)20-11-13-22(32)14-12-20)28(36)25(41-31)17-23-15-16-24(40-23)19-7-9-21(10-8-19)30(38)39-4/h7-17,27H,5-6H2,1-4H3/b25-17+/t27-/m1/s1. The van der Waals surface area contributed by atoms with Crippen LogP contribution < -0.4 is 14.9 Å². The van der Waals surface area contributed by atoms with E-state index in [1.165, 1.54) is 18.4 Å². The number of hydrogen-bond acceptors (Lipinski definition) is 7. The summed E-state index contributed by atoms with van der Waals surface area (Å²) in [5.74, 6) is 0.503. The molecule has 5 rings (SSSR count). The van der Waals surface area contributed by atoms with Crippen LogP contribution in [0.2, 0.25) is 5.02 Å². The average molecular weight is 590 g/mol. The Bertz CT molecular complexity index is 1830. The van der Waals surface area contributed by atoms with Gasteiger partial charge in [-0.25, -0.2) is 9.79 Å². The summed E-state index contributed by atoms with van der Waals surface area (Å²) in [6.07, 6.45) is 1.68. The van der Waals surface area contributed by atoms with Gasteiger partial charge in [-0.05, 0) is 62.7 Å². The maximum absolute atomic E-state index is 13.9. The van der Waals surface area contributed by atoms with Crippen molar-refractivity contribution in [3.05, 3.63) is 114 Å². The Morgan fingerprint density at radius 1 is 1.07 bits per heavy atom. The maximum Gasteiger partial charge on any atom is 0.337 e. The fourth-order valence-electron chi connectivity index (χ4n) is 4.84. The average Bonchev–Trinajstić information content (AvgIpc) is 3.57. The SMILES string of the molecule is CCN(CC)C(=O)C1=C(C)N=c2s/c(=C/c3ccc(-c4ccc(C(=O)OC)cc4)o3)c(=O)n2[C@@H]1c1ccc(Cl)cc1. The number of thiazole rings is 1. The van der Waals surface area contributed by atoms with Crippen molar-refractivity contribution < 1.29 is 18.7 Å². The topological polar surface area (TPSA) is 94.1 Å². The molecule has 0 spiro atoms. The number of allylic oxidation sites excluding steroid dienone is 1. The van der Waals surface area contributed by atoms with Gasteiger partial charge in [-0.1, -0.05) is 47.2 Å². The molecular weight excluding hydrogens is 562 g/mol. The number of fused-ring (bicyclic) bond motifs is 1. The van der Waals surface area contributed by atoms with Crippen LogP contribution in [0.5, 0.6) is 0 Å². The number of hydrogen-bond donors (Lipinski definition) is 0. The number of nitrogens with zero attached hydrogens (tertiary/aromatic N) is 3. The Balaban J connectivity index is 1.58. The highest BCUT2D eigenvalue weighted by atomic mass is 35.5. The summed E-state index contributed by atoms with van der Waals surface area (Å²) in [4.78, 5) is 46.2. The molecule has 0 N–H and O–H groups in total. The van der Waals surface area contributed by atoms with Crippen LogP contribution in [-0.4, -0.2) is 41.5 Å². The first-order valence-corrected chi connectivity index (χ1v) is 14.3. The Hall–Kier alpha value is -4.21. The van der Waals surface area contributed by atoms with E-state index >= 15 is 0 Å². The number of likely N-dealkylation sites (N-methyl/N-ethyl adjacent to an activating group) is 1. The van der Waals surface area contributed by atoms with Gasteiger partial charge in [-0.3, -0.25) is 14.2 Å². The number of carbonyl (C=O) groups excluding carboxylic acids is 2. The lowest BCUT2D eigenvalue weighted by Crippen LogP contribution is -2.43. The number of halogens is 1. The minimum atomic E-state index is -0.653. The van der Waals surface area contributed by atoms with Crippen molar-refractivity contribution in [3.8, 4) is 11.3 Å². The number of methoxy groups -OCH3 is 1. The number of furan rings is 1. The fraction of sp³-hybridized carbons (Fsp3) is 0.226. The number of amides is 1. The second-order valence-corrected chi connectivity index (χ2v) is 10.8. The molecule has 10 heteroatoms. The van der Waals surface area contributed by atoms with E-state index in [2.05, 4.69) is 0 Å². The third-order valence-corrected chi connectivity index (χ3v) is 8.21. The molecule has 1 aliphatic rings. The molecule has 0 saturated heterocycles. The summed E-state index contributed by atoms with van der Waals surface area (Å²) in [7, 11) is 1.34. The largest absolute Gasteiger partial charge is 0.465 e. The summed E-state index contributed by atoms with van der Waals surface area (Å²) in [6, 6.07) is 17.0. The van der Waals surface area contributed by atoms with Gasteiger partial charge in [-0.2, -0.15) is 0 Å². The first kappa shape index (κ1) is 28.3. The lowest BCUT2D eigenvalue weighted by Gasteiger charge is -2.29. The van der Waals surface area contributed by atoms with Gasteiger partial charge in [0.2, 0.25) is 0 Å². The number of ether oxygens (including phenoxy) is 1. The Morgan fingerprint density at radius 2 is 1.76 bits per heavy atom. The third kappa shape index (κ3) is 5.42. The van der Waals surface area contributed by atoms with Gasteiger partial charge >= 0.3 is 5.97 Å². The van der Waals surface area contributed by atoms with E-state index < -0.39 is 12.0 Å². The number of esters is 1. The zero-order valence-corrected chi connectivity index (χ0v) is 24.6. The predicted molar refractivity (Wildman–Crippen MR) is 159 cm³/mol. The van der Waals surface area contributed by atoms with E-state index in [1.807, 2.05) is 26.0 Å². The molecule has 0 fully saturated rings. The second-order valence-electron chi connectivity index (χ2n) is 9.38. The molecule has 210 valence electrons. The monoisotopic (exact) mass is 589 g/mol. The van der Waals surface area contributed by atoms with E-state index in [9.17, 15) is 14.4 Å². The van der Waals surface area contributed by atoms with Crippen molar-refractivity contribution in [1.29, 1.82) is 0 Å². The van der Waals surface area contributed by atoms with Crippen LogP contribution in [-0.2, 0) is 9.53 Å². The van der Waals surface area contributed by atoms with Crippen molar-refractivity contribution in [2.75, 3.05) is 20.2 Å². The molecular formula is C31H28ClN3O5S. The second kappa shape index (κ2) is 11.7. The van der Waals surface area contributed by atoms with Gasteiger partial charge in [0.1, 0.15) is 11.5 Å². The molecule has 0 saturated carbocycles. The van der Waals surface area contributed by atoms with Crippen LogP contribution in [0.1, 0.15) is 48.5 Å². The highest BCUT2D eigenvalue weighted by Gasteiger charge is 2.34. The van der Waals surface area contributed by atoms with Crippen LogP contribution in [0.4, 0.5) is 0 Å². The van der Waals surface area contributed by atoms with E-state index in [-0.39, 0.29) is 11.5 Å². The minimum absolute atomic E-state index is 0.153. The van der Waals surface area contributed by atoms with Crippen molar-refractivity contribution >= 4 is 40.9 Å². The summed E-state index contributed by atoms with van der Waals surface area (Å²) in [5.41, 5.74) is 2.75. The Kier molecular flexibility index (Phi) is 8.10. The molecule has 1 atom stereocenters. The van der Waals surface area contributed by atoms with Crippen molar-refractivity contribution in [1.82, 2.24) is 9.47 Å². The molecule has 4 aromatic rings. The molecule has 0 unspecified atom stereocenters. The normalized spacial score (nSPS) is 15.0. The Labute approximate surface area is 245 Å². The molecule has 41 heavy (non-hydrogen) atoms. The van der Waals surface area contributed by atoms with Gasteiger partial charge in [0, 0.05) is 29.8 Å². The van der Waals surface area contributed by atoms with Gasteiger partial charge in [0.05, 0.1) is 34.5 Å². The van der Waals surface area contributed by atoms with Gasteiger partial charge in [0.15, 0.2) is 4.80 Å². The van der Waals surface area contributed by atoms with Crippen LogP contribution in [0.15, 0.2) is 86.1 Å². The molecule has 2 aromatic carbocycles. The fourth-order valence-corrected chi connectivity index (χ4v) is 5.99. The number of carbonyl (C=O) groups is 2. The molecule has 1 aliphatic heterocycles. The highest BCUT2D eigenvalue weighted by molar-refractivity contribution is 7.07. The predicted octanol–water partition coefficient (Wildman–Crippen LogP) is 4.80. The number of benzene rings is 2. The summed E-state index contributed by atoms with van der Waals surface area (Å²) < 4.78 is 12.8. The minimum Gasteiger partial charge on any atom is -0.465 e. The van der Waals surface area contributed by atoms with Crippen LogP contribution in [0.25, 0.3) is 17.4 Å². The molecule has 3 heterocycles. The van der Waals surface area contributed by atoms with Crippen molar-refractivity contribution in [3.63, 3.8) is 0 Å². The molecule has 1 amide bonds. The van der Waals surface area contributed by atoms with Crippen LogP contribution in [0, 0.1) is 0 Å². The first-order chi connectivity index (χ1) is 19.7. The molecule has 0 radical (unpaired) electrons. The van der Waals surface area contributed by atoms with Crippen LogP contribution >= 0.6 is 22.9 Å². The smallest absolute Gasteiger partial charge is 0.337 e. The molecule has 0 aliphatic carbocycles. The summed E-state index contributed by atoms with van der Waals surface area (Å²) in [6.45, 7) is 6.73. The van der Waals surface area contributed by atoms with Gasteiger partial charge < -0.3 is 14.1 Å². The van der Waals surface area contributed by atoms with Crippen molar-refractivity contribution in [2.24, 2.45) is 4.99 Å². The molecule has 2 aromatic heterocycles. The summed E-state index contributed by atoms with van der Waals surface area (Å²) in [5, 5.41) is 0.562. The first-order valence-electron chi connectivity index (χ1n) is 13.1. The quantitative estimate of drug-likeness (QED) is 0.289. The van der Waals surface area contributed by atoms with Crippen molar-refractivity contribution in [2.45, 2.75) is 26.8 Å². The lowest BCUT2D eigenvalue weighted by atomic mass is 9.94. The number of aromatic nitrogens is 1. The number of rotatable bonds is 7. The highest BCUT2D eigenvalue weighted by Crippen LogP contribution is 2.32. The lowest BCUT2D eigenvalue weighted by molar-refractivity contribution is -0.127. The maximum atomic E-state index is 13.9. The Morgan fingerprint density at radius 3 is 2.39 bits per heavy atom. The third-order valence-electron chi connectivity index (χ3n) is 6.98.